The number of aliphatic imine (C=N–C) groups is 1. The van der Waals surface area contributed by atoms with Crippen molar-refractivity contribution >= 4 is 28.0 Å². The summed E-state index contributed by atoms with van der Waals surface area (Å²) in [6.45, 7) is 3.07. The number of hydrogen-bond donors (Lipinski definition) is 0. The van der Waals surface area contributed by atoms with E-state index in [1.54, 1.807) is 0 Å². The molecule has 106 valence electrons. The summed E-state index contributed by atoms with van der Waals surface area (Å²) in [6.07, 6.45) is 12.2. The van der Waals surface area contributed by atoms with Crippen molar-refractivity contribution in [3.8, 4) is 0 Å². The van der Waals surface area contributed by atoms with Crippen LogP contribution in [0.4, 0.5) is 5.82 Å². The molecule has 1 aliphatic rings. The van der Waals surface area contributed by atoms with E-state index < -0.39 is 0 Å². The van der Waals surface area contributed by atoms with Gasteiger partial charge in [-0.3, -0.25) is 4.99 Å². The molecular formula is C16H20BrN3. The summed E-state index contributed by atoms with van der Waals surface area (Å²) < 4.78 is 1.01. The normalized spacial score (nSPS) is 18.4. The largest absolute Gasteiger partial charge is 0.359 e. The van der Waals surface area contributed by atoms with Gasteiger partial charge >= 0.3 is 0 Å². The molecule has 4 heteroatoms. The van der Waals surface area contributed by atoms with E-state index in [0.29, 0.717) is 5.92 Å². The van der Waals surface area contributed by atoms with Crippen molar-refractivity contribution in [1.29, 1.82) is 0 Å². The molecule has 20 heavy (non-hydrogen) atoms. The number of hydrogen-bond acceptors (Lipinski definition) is 3. The molecular weight excluding hydrogens is 314 g/mol. The van der Waals surface area contributed by atoms with E-state index in [0.717, 1.165) is 29.7 Å². The van der Waals surface area contributed by atoms with E-state index in [9.17, 15) is 0 Å². The van der Waals surface area contributed by atoms with Gasteiger partial charge in [0, 0.05) is 42.6 Å². The first kappa shape index (κ1) is 15.0. The molecule has 1 unspecified atom stereocenters. The van der Waals surface area contributed by atoms with Crippen LogP contribution < -0.4 is 4.90 Å². The molecule has 0 fully saturated rings. The Kier molecular flexibility index (Phi) is 5.53. The Labute approximate surface area is 129 Å². The Balaban J connectivity index is 1.91. The molecule has 1 aromatic heterocycles. The van der Waals surface area contributed by atoms with Gasteiger partial charge in [-0.25, -0.2) is 4.98 Å². The van der Waals surface area contributed by atoms with Crippen molar-refractivity contribution in [3.05, 3.63) is 46.7 Å². The van der Waals surface area contributed by atoms with Crippen LogP contribution in [0.15, 0.2) is 51.7 Å². The molecule has 0 radical (unpaired) electrons. The van der Waals surface area contributed by atoms with Crippen molar-refractivity contribution in [2.45, 2.75) is 19.8 Å². The highest BCUT2D eigenvalue weighted by Gasteiger charge is 2.13. The number of pyridine rings is 1. The first-order valence-corrected chi connectivity index (χ1v) is 7.66. The zero-order valence-electron chi connectivity index (χ0n) is 12.0. The van der Waals surface area contributed by atoms with Gasteiger partial charge in [-0.2, -0.15) is 0 Å². The van der Waals surface area contributed by atoms with E-state index in [-0.39, 0.29) is 0 Å². The van der Waals surface area contributed by atoms with Gasteiger partial charge in [0.05, 0.1) is 0 Å². The molecule has 0 aromatic carbocycles. The summed E-state index contributed by atoms with van der Waals surface area (Å²) in [5.41, 5.74) is 1.45. The molecule has 0 saturated carbocycles. The second-order valence-electron chi connectivity index (χ2n) is 4.89. The van der Waals surface area contributed by atoms with Gasteiger partial charge in [0.15, 0.2) is 0 Å². The van der Waals surface area contributed by atoms with Crippen LogP contribution in [0.1, 0.15) is 19.8 Å². The molecule has 0 N–H and O–H groups in total. The summed E-state index contributed by atoms with van der Waals surface area (Å²) >= 11 is 3.41. The molecule has 2 heterocycles. The van der Waals surface area contributed by atoms with Crippen LogP contribution in [-0.2, 0) is 0 Å². The maximum atomic E-state index is 4.42. The standard InChI is InChI=1S/C16H20BrN3/c1-3-13(14-5-4-9-18-11-14)8-10-20(2)16-7-6-15(17)12-19-16/h3-4,6-7,9,11-12,14H,5,8,10H2,1-2H3/b13-3+. The Morgan fingerprint density at radius 3 is 2.95 bits per heavy atom. The highest BCUT2D eigenvalue weighted by atomic mass is 79.9. The summed E-state index contributed by atoms with van der Waals surface area (Å²) in [6, 6.07) is 4.05. The van der Waals surface area contributed by atoms with Crippen molar-refractivity contribution in [3.63, 3.8) is 0 Å². The lowest BCUT2D eigenvalue weighted by molar-refractivity contribution is 0.738. The van der Waals surface area contributed by atoms with Gasteiger partial charge in [-0.05, 0) is 47.8 Å². The highest BCUT2D eigenvalue weighted by Crippen LogP contribution is 2.21. The molecule has 0 bridgehead atoms. The predicted octanol–water partition coefficient (Wildman–Crippen LogP) is 4.22. The topological polar surface area (TPSA) is 28.5 Å². The summed E-state index contributed by atoms with van der Waals surface area (Å²) in [4.78, 5) is 10.8. The first-order valence-electron chi connectivity index (χ1n) is 6.87. The van der Waals surface area contributed by atoms with Gasteiger partial charge in [0.2, 0.25) is 0 Å². The van der Waals surface area contributed by atoms with E-state index in [1.807, 2.05) is 30.7 Å². The lowest BCUT2D eigenvalue weighted by atomic mass is 9.93. The maximum absolute atomic E-state index is 4.42. The Bertz CT molecular complexity index is 517. The fourth-order valence-electron chi connectivity index (χ4n) is 2.28. The van der Waals surface area contributed by atoms with Crippen LogP contribution in [0.3, 0.4) is 0 Å². The maximum Gasteiger partial charge on any atom is 0.128 e. The molecule has 0 aliphatic carbocycles. The number of allylic oxidation sites excluding steroid dienone is 2. The molecule has 1 aromatic rings. The summed E-state index contributed by atoms with van der Waals surface area (Å²) in [7, 11) is 2.08. The third kappa shape index (κ3) is 4.04. The van der Waals surface area contributed by atoms with Crippen LogP contribution in [0.5, 0.6) is 0 Å². The van der Waals surface area contributed by atoms with Gasteiger partial charge in [-0.1, -0.05) is 17.7 Å². The summed E-state index contributed by atoms with van der Waals surface area (Å²) in [5, 5.41) is 0. The molecule has 0 amide bonds. The Morgan fingerprint density at radius 1 is 1.50 bits per heavy atom. The number of rotatable bonds is 5. The minimum absolute atomic E-state index is 0.455. The van der Waals surface area contributed by atoms with Crippen molar-refractivity contribution in [2.24, 2.45) is 10.9 Å². The molecule has 1 atom stereocenters. The molecule has 1 aliphatic heterocycles. The van der Waals surface area contributed by atoms with Crippen LogP contribution >= 0.6 is 15.9 Å². The van der Waals surface area contributed by atoms with Crippen LogP contribution in [0, 0.1) is 5.92 Å². The van der Waals surface area contributed by atoms with Gasteiger partial charge in [0.1, 0.15) is 5.82 Å². The van der Waals surface area contributed by atoms with Crippen molar-refractivity contribution in [1.82, 2.24) is 4.98 Å². The minimum Gasteiger partial charge on any atom is -0.359 e. The number of anilines is 1. The fraction of sp³-hybridized carbons (Fsp3) is 0.375. The molecule has 3 nitrogen and oxygen atoms in total. The predicted molar refractivity (Wildman–Crippen MR) is 89.3 cm³/mol. The van der Waals surface area contributed by atoms with E-state index in [4.69, 9.17) is 0 Å². The zero-order valence-corrected chi connectivity index (χ0v) is 13.5. The molecule has 0 saturated heterocycles. The monoisotopic (exact) mass is 333 g/mol. The first-order chi connectivity index (χ1) is 9.70. The third-order valence-electron chi connectivity index (χ3n) is 3.53. The zero-order chi connectivity index (χ0) is 14.4. The summed E-state index contributed by atoms with van der Waals surface area (Å²) in [5.74, 6) is 1.46. The lowest BCUT2D eigenvalue weighted by Crippen LogP contribution is -2.21. The second-order valence-corrected chi connectivity index (χ2v) is 5.81. The number of halogens is 1. The Hall–Kier alpha value is -1.42. The SMILES string of the molecule is C/C=C(\CCN(C)c1ccc(Br)cn1)C1C=NC=CC1. The minimum atomic E-state index is 0.455. The number of aromatic nitrogens is 1. The van der Waals surface area contributed by atoms with E-state index >= 15 is 0 Å². The van der Waals surface area contributed by atoms with Gasteiger partial charge < -0.3 is 4.90 Å². The van der Waals surface area contributed by atoms with Gasteiger partial charge in [0.25, 0.3) is 0 Å². The van der Waals surface area contributed by atoms with Crippen molar-refractivity contribution < 1.29 is 0 Å². The van der Waals surface area contributed by atoms with Crippen molar-refractivity contribution in [2.75, 3.05) is 18.5 Å². The third-order valence-corrected chi connectivity index (χ3v) is 4.00. The van der Waals surface area contributed by atoms with Crippen LogP contribution in [-0.4, -0.2) is 24.8 Å². The number of nitrogens with zero attached hydrogens (tertiary/aromatic N) is 3. The Morgan fingerprint density at radius 2 is 2.35 bits per heavy atom. The molecule has 2 rings (SSSR count). The average Bonchev–Trinajstić information content (AvgIpc) is 2.49. The van der Waals surface area contributed by atoms with Crippen LogP contribution in [0.25, 0.3) is 0 Å². The fourth-order valence-corrected chi connectivity index (χ4v) is 2.51. The molecule has 0 spiro atoms. The highest BCUT2D eigenvalue weighted by molar-refractivity contribution is 9.10. The van der Waals surface area contributed by atoms with E-state index in [1.165, 1.54) is 5.57 Å². The lowest BCUT2D eigenvalue weighted by Gasteiger charge is -2.22. The van der Waals surface area contributed by atoms with E-state index in [2.05, 4.69) is 56.9 Å². The smallest absolute Gasteiger partial charge is 0.128 e. The quantitative estimate of drug-likeness (QED) is 0.754. The second kappa shape index (κ2) is 7.39. The average molecular weight is 334 g/mol. The van der Waals surface area contributed by atoms with Gasteiger partial charge in [-0.15, -0.1) is 0 Å². The van der Waals surface area contributed by atoms with Crippen LogP contribution in [0.2, 0.25) is 0 Å².